The lowest BCUT2D eigenvalue weighted by molar-refractivity contribution is -0.133. The zero-order valence-electron chi connectivity index (χ0n) is 14.0. The van der Waals surface area contributed by atoms with Gasteiger partial charge in [0.1, 0.15) is 0 Å². The predicted octanol–water partition coefficient (Wildman–Crippen LogP) is 2.06. The summed E-state index contributed by atoms with van der Waals surface area (Å²) in [6.45, 7) is 11.9. The molecule has 22 heavy (non-hydrogen) atoms. The van der Waals surface area contributed by atoms with E-state index in [-0.39, 0.29) is 0 Å². The Morgan fingerprint density at radius 2 is 1.68 bits per heavy atom. The fourth-order valence-corrected chi connectivity index (χ4v) is 2.95. The van der Waals surface area contributed by atoms with E-state index in [4.69, 9.17) is 0 Å². The predicted molar refractivity (Wildman–Crippen MR) is 90.7 cm³/mol. The van der Waals surface area contributed by atoms with Gasteiger partial charge in [0, 0.05) is 45.7 Å². The summed E-state index contributed by atoms with van der Waals surface area (Å²) in [4.78, 5) is 19.1. The van der Waals surface area contributed by atoms with Gasteiger partial charge < -0.3 is 9.80 Å². The highest BCUT2D eigenvalue weighted by molar-refractivity contribution is 5.76. The lowest BCUT2D eigenvalue weighted by Crippen LogP contribution is -2.48. The average molecular weight is 303 g/mol. The molecule has 1 aromatic carbocycles. The molecule has 4 heteroatoms. The van der Waals surface area contributed by atoms with E-state index in [0.29, 0.717) is 12.3 Å². The summed E-state index contributed by atoms with van der Waals surface area (Å²) < 4.78 is 0. The molecule has 1 aromatic rings. The van der Waals surface area contributed by atoms with Crippen molar-refractivity contribution in [3.8, 4) is 0 Å². The average Bonchev–Trinajstić information content (AvgIpc) is 2.57. The zero-order chi connectivity index (χ0) is 15.8. The Kier molecular flexibility index (Phi) is 6.87. The third-order valence-electron chi connectivity index (χ3n) is 4.51. The molecule has 0 bridgehead atoms. The van der Waals surface area contributed by atoms with E-state index in [9.17, 15) is 4.79 Å². The van der Waals surface area contributed by atoms with Crippen LogP contribution in [0.15, 0.2) is 30.3 Å². The molecule has 1 amide bonds. The van der Waals surface area contributed by atoms with E-state index < -0.39 is 0 Å². The number of carbonyl (C=O) groups is 1. The molecule has 1 aliphatic heterocycles. The second-order valence-electron chi connectivity index (χ2n) is 5.92. The van der Waals surface area contributed by atoms with Crippen LogP contribution in [0.2, 0.25) is 0 Å². The molecule has 1 heterocycles. The van der Waals surface area contributed by atoms with Crippen LogP contribution in [0.1, 0.15) is 25.8 Å². The van der Waals surface area contributed by atoms with Crippen molar-refractivity contribution >= 4 is 5.91 Å². The van der Waals surface area contributed by atoms with Crippen LogP contribution in [0.5, 0.6) is 0 Å². The summed E-state index contributed by atoms with van der Waals surface area (Å²) in [6, 6.07) is 10.6. The van der Waals surface area contributed by atoms with Crippen molar-refractivity contribution in [2.75, 3.05) is 45.8 Å². The maximum atomic E-state index is 12.3. The summed E-state index contributed by atoms with van der Waals surface area (Å²) in [5.74, 6) is 0.311. The standard InChI is InChI=1S/C18H29N3O/c1-3-19(4-2)11-10-18(22)21-14-12-20(13-15-21)16-17-8-6-5-7-9-17/h5-9H,3-4,10-16H2,1-2H3. The minimum absolute atomic E-state index is 0.311. The number of hydrogen-bond acceptors (Lipinski definition) is 3. The summed E-state index contributed by atoms with van der Waals surface area (Å²) in [6.07, 6.45) is 0.653. The van der Waals surface area contributed by atoms with E-state index in [0.717, 1.165) is 52.4 Å². The normalized spacial score (nSPS) is 16.2. The molecule has 1 saturated heterocycles. The van der Waals surface area contributed by atoms with Crippen molar-refractivity contribution in [1.82, 2.24) is 14.7 Å². The highest BCUT2D eigenvalue weighted by atomic mass is 16.2. The second-order valence-corrected chi connectivity index (χ2v) is 5.92. The summed E-state index contributed by atoms with van der Waals surface area (Å²) in [5, 5.41) is 0. The van der Waals surface area contributed by atoms with Gasteiger partial charge in [0.2, 0.25) is 5.91 Å². The first-order valence-corrected chi connectivity index (χ1v) is 8.49. The van der Waals surface area contributed by atoms with Crippen LogP contribution in [0, 0.1) is 0 Å². The SMILES string of the molecule is CCN(CC)CCC(=O)N1CCN(Cc2ccccc2)CC1. The van der Waals surface area contributed by atoms with Crippen molar-refractivity contribution in [3.05, 3.63) is 35.9 Å². The molecule has 0 atom stereocenters. The van der Waals surface area contributed by atoms with Gasteiger partial charge in [-0.2, -0.15) is 0 Å². The van der Waals surface area contributed by atoms with E-state index in [1.807, 2.05) is 4.90 Å². The van der Waals surface area contributed by atoms with Crippen LogP contribution in [0.4, 0.5) is 0 Å². The lowest BCUT2D eigenvalue weighted by Gasteiger charge is -2.35. The third-order valence-corrected chi connectivity index (χ3v) is 4.51. The highest BCUT2D eigenvalue weighted by Crippen LogP contribution is 2.09. The van der Waals surface area contributed by atoms with E-state index in [1.54, 1.807) is 0 Å². The number of amides is 1. The van der Waals surface area contributed by atoms with E-state index in [1.165, 1.54) is 5.56 Å². The van der Waals surface area contributed by atoms with Gasteiger partial charge in [-0.15, -0.1) is 0 Å². The van der Waals surface area contributed by atoms with Crippen molar-refractivity contribution in [2.45, 2.75) is 26.8 Å². The van der Waals surface area contributed by atoms with Gasteiger partial charge in [-0.3, -0.25) is 9.69 Å². The van der Waals surface area contributed by atoms with Crippen molar-refractivity contribution in [2.24, 2.45) is 0 Å². The van der Waals surface area contributed by atoms with Crippen molar-refractivity contribution in [1.29, 1.82) is 0 Å². The summed E-state index contributed by atoms with van der Waals surface area (Å²) in [7, 11) is 0. The largest absolute Gasteiger partial charge is 0.340 e. The molecule has 122 valence electrons. The van der Waals surface area contributed by atoms with Crippen molar-refractivity contribution in [3.63, 3.8) is 0 Å². The molecule has 1 fully saturated rings. The fraction of sp³-hybridized carbons (Fsp3) is 0.611. The maximum Gasteiger partial charge on any atom is 0.223 e. The Morgan fingerprint density at radius 3 is 2.27 bits per heavy atom. The van der Waals surface area contributed by atoms with Crippen molar-refractivity contribution < 1.29 is 4.79 Å². The topological polar surface area (TPSA) is 26.8 Å². The number of rotatable bonds is 7. The van der Waals surface area contributed by atoms with Crippen LogP contribution < -0.4 is 0 Å². The summed E-state index contributed by atoms with van der Waals surface area (Å²) >= 11 is 0. The molecule has 0 unspecified atom stereocenters. The van der Waals surface area contributed by atoms with Gasteiger partial charge in [-0.25, -0.2) is 0 Å². The van der Waals surface area contributed by atoms with E-state index in [2.05, 4.69) is 54.0 Å². The second kappa shape index (κ2) is 8.91. The number of carbonyl (C=O) groups excluding carboxylic acids is 1. The van der Waals surface area contributed by atoms with E-state index >= 15 is 0 Å². The van der Waals surface area contributed by atoms with Gasteiger partial charge in [-0.1, -0.05) is 44.2 Å². The third kappa shape index (κ3) is 5.11. The molecule has 0 radical (unpaired) electrons. The molecular weight excluding hydrogens is 274 g/mol. The first-order valence-electron chi connectivity index (χ1n) is 8.49. The number of piperazine rings is 1. The molecule has 2 rings (SSSR count). The monoisotopic (exact) mass is 303 g/mol. The van der Waals surface area contributed by atoms with Crippen LogP contribution in [-0.4, -0.2) is 66.4 Å². The molecule has 4 nitrogen and oxygen atoms in total. The fourth-order valence-electron chi connectivity index (χ4n) is 2.95. The molecule has 0 N–H and O–H groups in total. The number of benzene rings is 1. The molecule has 0 saturated carbocycles. The van der Waals surface area contributed by atoms with Gasteiger partial charge in [0.05, 0.1) is 0 Å². The molecule has 1 aliphatic rings. The first kappa shape index (κ1) is 17.0. The van der Waals surface area contributed by atoms with Crippen LogP contribution >= 0.6 is 0 Å². The minimum atomic E-state index is 0.311. The van der Waals surface area contributed by atoms with Gasteiger partial charge >= 0.3 is 0 Å². The highest BCUT2D eigenvalue weighted by Gasteiger charge is 2.21. The number of hydrogen-bond donors (Lipinski definition) is 0. The van der Waals surface area contributed by atoms with Gasteiger partial charge in [-0.05, 0) is 18.7 Å². The minimum Gasteiger partial charge on any atom is -0.340 e. The summed E-state index contributed by atoms with van der Waals surface area (Å²) in [5.41, 5.74) is 1.35. The Hall–Kier alpha value is -1.39. The molecule has 0 aliphatic carbocycles. The number of nitrogens with zero attached hydrogens (tertiary/aromatic N) is 3. The zero-order valence-corrected chi connectivity index (χ0v) is 14.0. The smallest absolute Gasteiger partial charge is 0.223 e. The molecule has 0 aromatic heterocycles. The van der Waals surface area contributed by atoms with Gasteiger partial charge in [0.15, 0.2) is 0 Å². The van der Waals surface area contributed by atoms with Gasteiger partial charge in [0.25, 0.3) is 0 Å². The first-order chi connectivity index (χ1) is 10.7. The van der Waals surface area contributed by atoms with Crippen LogP contribution in [0.25, 0.3) is 0 Å². The Balaban J connectivity index is 1.71. The molecule has 0 spiro atoms. The Bertz CT molecular complexity index is 437. The van der Waals surface area contributed by atoms with Crippen LogP contribution in [0.3, 0.4) is 0 Å². The quantitative estimate of drug-likeness (QED) is 0.771. The Labute approximate surface area is 134 Å². The Morgan fingerprint density at radius 1 is 1.05 bits per heavy atom. The molecular formula is C18H29N3O. The lowest BCUT2D eigenvalue weighted by atomic mass is 10.2. The maximum absolute atomic E-state index is 12.3. The van der Waals surface area contributed by atoms with Crippen LogP contribution in [-0.2, 0) is 11.3 Å².